The second-order valence-corrected chi connectivity index (χ2v) is 10.1. The van der Waals surface area contributed by atoms with Crippen molar-refractivity contribution in [1.29, 1.82) is 5.26 Å². The van der Waals surface area contributed by atoms with Crippen LogP contribution in [-0.4, -0.2) is 15.2 Å². The van der Waals surface area contributed by atoms with Gasteiger partial charge in [0.15, 0.2) is 0 Å². The summed E-state index contributed by atoms with van der Waals surface area (Å²) in [4.78, 5) is 17.2. The van der Waals surface area contributed by atoms with E-state index >= 15 is 0 Å². The molecule has 1 heterocycles. The van der Waals surface area contributed by atoms with Crippen LogP contribution in [0, 0.1) is 28.6 Å². The first-order valence-electron chi connectivity index (χ1n) is 8.99. The van der Waals surface area contributed by atoms with E-state index in [0.29, 0.717) is 17.7 Å². The maximum atomic E-state index is 13.0. The Kier molecular flexibility index (Phi) is 3.87. The Bertz CT molecular complexity index is 737. The Morgan fingerprint density at radius 2 is 2.04 bits per heavy atom. The fourth-order valence-corrected chi connectivity index (χ4v) is 6.86. The number of nitrogens with zero attached hydrogens (tertiary/aromatic N) is 2. The molecule has 7 heteroatoms. The Hall–Kier alpha value is -1.55. The van der Waals surface area contributed by atoms with Crippen molar-refractivity contribution in [3.63, 3.8) is 0 Å². The minimum atomic E-state index is -0.311. The van der Waals surface area contributed by atoms with Crippen LogP contribution in [0.1, 0.15) is 69.9 Å². The number of carbonyl (C=O) groups is 1. The highest BCUT2D eigenvalue weighted by molar-refractivity contribution is 9.10. The smallest absolute Gasteiger partial charge is 0.250 e. The van der Waals surface area contributed by atoms with Crippen LogP contribution in [0.15, 0.2) is 4.42 Å². The normalized spacial score (nSPS) is 35.6. The van der Waals surface area contributed by atoms with Crippen molar-refractivity contribution >= 4 is 27.7 Å². The molecule has 1 aromatic rings. The highest BCUT2D eigenvalue weighted by Crippen LogP contribution is 2.64. The SMILES string of the molecule is CC(C)c1nc(C#N)c(NNC(=O)C23CC4CC(CC(Br)(C4)C2)C3)o1. The number of anilines is 1. The van der Waals surface area contributed by atoms with Crippen molar-refractivity contribution in [2.24, 2.45) is 17.3 Å². The third kappa shape index (κ3) is 2.84. The number of nitrogens with one attached hydrogen (secondary N) is 2. The molecule has 4 aliphatic carbocycles. The van der Waals surface area contributed by atoms with Crippen LogP contribution >= 0.6 is 15.9 Å². The van der Waals surface area contributed by atoms with Crippen LogP contribution in [0.2, 0.25) is 0 Å². The topological polar surface area (TPSA) is 91.0 Å². The predicted molar refractivity (Wildman–Crippen MR) is 95.8 cm³/mol. The molecule has 5 rings (SSSR count). The molecule has 2 unspecified atom stereocenters. The lowest BCUT2D eigenvalue weighted by atomic mass is 9.49. The molecule has 1 aromatic heterocycles. The molecule has 4 bridgehead atoms. The van der Waals surface area contributed by atoms with Crippen LogP contribution in [0.4, 0.5) is 5.88 Å². The van der Waals surface area contributed by atoms with Gasteiger partial charge < -0.3 is 4.42 Å². The second-order valence-electron chi connectivity index (χ2n) is 8.47. The second kappa shape index (κ2) is 5.73. The monoisotopic (exact) mass is 406 g/mol. The number of halogens is 1. The largest absolute Gasteiger partial charge is 0.422 e. The van der Waals surface area contributed by atoms with Crippen molar-refractivity contribution in [3.8, 4) is 6.07 Å². The van der Waals surface area contributed by atoms with Gasteiger partial charge in [0.1, 0.15) is 6.07 Å². The number of alkyl halides is 1. The zero-order valence-electron chi connectivity index (χ0n) is 14.6. The summed E-state index contributed by atoms with van der Waals surface area (Å²) in [5.74, 6) is 2.07. The molecule has 2 N–H and O–H groups in total. The molecule has 6 nitrogen and oxygen atoms in total. The van der Waals surface area contributed by atoms with Gasteiger partial charge in [-0.2, -0.15) is 5.26 Å². The summed E-state index contributed by atoms with van der Waals surface area (Å²) in [6, 6.07) is 2.01. The number of nitriles is 1. The van der Waals surface area contributed by atoms with E-state index in [-0.39, 0.29) is 33.1 Å². The first-order chi connectivity index (χ1) is 11.8. The first-order valence-corrected chi connectivity index (χ1v) is 9.78. The molecule has 0 aliphatic heterocycles. The third-order valence-corrected chi connectivity index (χ3v) is 6.93. The lowest BCUT2D eigenvalue weighted by Crippen LogP contribution is -2.58. The van der Waals surface area contributed by atoms with Gasteiger partial charge in [-0.1, -0.05) is 29.8 Å². The van der Waals surface area contributed by atoms with E-state index in [4.69, 9.17) is 4.42 Å². The van der Waals surface area contributed by atoms with E-state index < -0.39 is 0 Å². The molecular weight excluding hydrogens is 384 g/mol. The summed E-state index contributed by atoms with van der Waals surface area (Å²) >= 11 is 3.93. The van der Waals surface area contributed by atoms with Gasteiger partial charge in [-0.05, 0) is 50.4 Å². The average Bonchev–Trinajstić information content (AvgIpc) is 2.93. The van der Waals surface area contributed by atoms with E-state index in [1.807, 2.05) is 19.9 Å². The average molecular weight is 407 g/mol. The summed E-state index contributed by atoms with van der Waals surface area (Å²) in [6.07, 6.45) is 6.44. The minimum absolute atomic E-state index is 0.0109. The Morgan fingerprint density at radius 3 is 2.60 bits per heavy atom. The number of aromatic nitrogens is 1. The predicted octanol–water partition coefficient (Wildman–Crippen LogP) is 3.85. The van der Waals surface area contributed by atoms with Crippen molar-refractivity contribution in [1.82, 2.24) is 10.4 Å². The maximum Gasteiger partial charge on any atom is 0.250 e. The standard InChI is InChI=1S/C18H23BrN4O2/c1-10(2)14-21-13(8-20)15(25-14)22-23-16(24)17-4-11-3-12(5-17)7-18(19,6-11)9-17/h10-12,22H,3-7,9H2,1-2H3,(H,23,24). The van der Waals surface area contributed by atoms with E-state index in [1.54, 1.807) is 0 Å². The lowest BCUT2D eigenvalue weighted by molar-refractivity contribution is -0.143. The van der Waals surface area contributed by atoms with Crippen LogP contribution < -0.4 is 10.9 Å². The van der Waals surface area contributed by atoms with Gasteiger partial charge in [0.25, 0.3) is 5.88 Å². The highest BCUT2D eigenvalue weighted by Gasteiger charge is 2.59. The van der Waals surface area contributed by atoms with Crippen molar-refractivity contribution < 1.29 is 9.21 Å². The van der Waals surface area contributed by atoms with E-state index in [0.717, 1.165) is 19.3 Å². The Morgan fingerprint density at radius 1 is 1.36 bits per heavy atom. The maximum absolute atomic E-state index is 13.0. The molecule has 4 aliphatic rings. The number of carbonyl (C=O) groups excluding carboxylic acids is 1. The van der Waals surface area contributed by atoms with Gasteiger partial charge in [-0.3, -0.25) is 15.6 Å². The molecule has 1 amide bonds. The fourth-order valence-electron chi connectivity index (χ4n) is 5.41. The summed E-state index contributed by atoms with van der Waals surface area (Å²) in [6.45, 7) is 3.89. The van der Waals surface area contributed by atoms with Crippen LogP contribution in [-0.2, 0) is 4.79 Å². The van der Waals surface area contributed by atoms with Crippen LogP contribution in [0.5, 0.6) is 0 Å². The lowest BCUT2D eigenvalue weighted by Gasteiger charge is -2.59. The summed E-state index contributed by atoms with van der Waals surface area (Å²) in [5.41, 5.74) is 5.48. The molecule has 134 valence electrons. The number of hydrazine groups is 1. The molecule has 0 spiro atoms. The zero-order valence-corrected chi connectivity index (χ0v) is 16.1. The van der Waals surface area contributed by atoms with Crippen molar-refractivity contribution in [2.45, 2.75) is 62.6 Å². The highest BCUT2D eigenvalue weighted by atomic mass is 79.9. The van der Waals surface area contributed by atoms with E-state index in [9.17, 15) is 10.1 Å². The van der Waals surface area contributed by atoms with E-state index in [2.05, 4.69) is 31.8 Å². The quantitative estimate of drug-likeness (QED) is 0.585. The first kappa shape index (κ1) is 16.9. The molecule has 0 aromatic carbocycles. The fraction of sp³-hybridized carbons (Fsp3) is 0.722. The Labute approximate surface area is 155 Å². The van der Waals surface area contributed by atoms with Crippen LogP contribution in [0.3, 0.4) is 0 Å². The number of amides is 1. The number of hydrogen-bond acceptors (Lipinski definition) is 5. The van der Waals surface area contributed by atoms with E-state index in [1.165, 1.54) is 19.3 Å². The van der Waals surface area contributed by atoms with Gasteiger partial charge in [0.2, 0.25) is 17.5 Å². The van der Waals surface area contributed by atoms with Crippen molar-refractivity contribution in [2.75, 3.05) is 5.43 Å². The van der Waals surface area contributed by atoms with Gasteiger partial charge in [-0.25, -0.2) is 4.98 Å². The van der Waals surface area contributed by atoms with Gasteiger partial charge in [0.05, 0.1) is 5.41 Å². The summed E-state index contributed by atoms with van der Waals surface area (Å²) in [5, 5.41) is 9.21. The molecule has 25 heavy (non-hydrogen) atoms. The van der Waals surface area contributed by atoms with Crippen molar-refractivity contribution in [3.05, 3.63) is 11.6 Å². The van der Waals surface area contributed by atoms with Crippen LogP contribution in [0.25, 0.3) is 0 Å². The van der Waals surface area contributed by atoms with Gasteiger partial charge >= 0.3 is 0 Å². The summed E-state index contributed by atoms with van der Waals surface area (Å²) < 4.78 is 5.72. The number of oxazole rings is 1. The molecule has 2 atom stereocenters. The van der Waals surface area contributed by atoms with Gasteiger partial charge in [0, 0.05) is 10.2 Å². The summed E-state index contributed by atoms with van der Waals surface area (Å²) in [7, 11) is 0. The third-order valence-electron chi connectivity index (χ3n) is 6.00. The van der Waals surface area contributed by atoms with Gasteiger partial charge in [-0.15, -0.1) is 0 Å². The molecular formula is C18H23BrN4O2. The molecule has 0 saturated heterocycles. The molecule has 0 radical (unpaired) electrons. The molecule has 4 fully saturated rings. The Balaban J connectivity index is 1.49. The number of hydrogen-bond donors (Lipinski definition) is 2. The number of rotatable bonds is 4. The minimum Gasteiger partial charge on any atom is -0.422 e. The molecule has 4 saturated carbocycles. The zero-order chi connectivity index (χ0) is 17.8.